The third-order valence-electron chi connectivity index (χ3n) is 10.3. The van der Waals surface area contributed by atoms with Crippen molar-refractivity contribution in [1.82, 2.24) is 14.7 Å². The number of rotatable bonds is 7. The van der Waals surface area contributed by atoms with Crippen LogP contribution in [0.3, 0.4) is 0 Å². The summed E-state index contributed by atoms with van der Waals surface area (Å²) in [5, 5.41) is 0.480. The van der Waals surface area contributed by atoms with Crippen LogP contribution in [0.25, 0.3) is 0 Å². The maximum Gasteiger partial charge on any atom is 0.256 e. The lowest BCUT2D eigenvalue weighted by atomic mass is 9.77. The van der Waals surface area contributed by atoms with Crippen molar-refractivity contribution in [2.24, 2.45) is 5.41 Å². The fourth-order valence-corrected chi connectivity index (χ4v) is 7.86. The van der Waals surface area contributed by atoms with Crippen LogP contribution in [0.1, 0.15) is 82.0 Å². The summed E-state index contributed by atoms with van der Waals surface area (Å²) >= 11 is 6.44. The summed E-state index contributed by atoms with van der Waals surface area (Å²) in [7, 11) is 1.48. The average molecular weight is 616 g/mol. The fourth-order valence-electron chi connectivity index (χ4n) is 7.64. The van der Waals surface area contributed by atoms with E-state index in [2.05, 4.69) is 17.0 Å². The topological polar surface area (TPSA) is 53.1 Å². The van der Waals surface area contributed by atoms with Crippen LogP contribution in [-0.4, -0.2) is 65.8 Å². The average Bonchev–Trinajstić information content (AvgIpc) is 3.65. The van der Waals surface area contributed by atoms with Gasteiger partial charge in [-0.25, -0.2) is 4.39 Å². The van der Waals surface area contributed by atoms with Gasteiger partial charge in [-0.1, -0.05) is 35.9 Å². The van der Waals surface area contributed by atoms with Crippen LogP contribution >= 0.6 is 11.6 Å². The molecule has 2 aliphatic heterocycles. The molecule has 1 spiro atoms. The first-order chi connectivity index (χ1) is 21.3. The fraction of sp³-hybridized carbons (Fsp3) is 0.444. The van der Waals surface area contributed by atoms with Gasteiger partial charge in [0.15, 0.2) is 11.6 Å². The number of benzene rings is 3. The Labute approximate surface area is 263 Å². The Morgan fingerprint density at radius 2 is 1.77 bits per heavy atom. The minimum Gasteiger partial charge on any atom is -0.494 e. The molecule has 1 saturated carbocycles. The third kappa shape index (κ3) is 5.61. The lowest BCUT2D eigenvalue weighted by molar-refractivity contribution is 0.0658. The van der Waals surface area contributed by atoms with E-state index < -0.39 is 0 Å². The highest BCUT2D eigenvalue weighted by atomic mass is 35.5. The summed E-state index contributed by atoms with van der Waals surface area (Å²) in [6.45, 7) is 4.13. The number of halogens is 2. The van der Waals surface area contributed by atoms with Crippen molar-refractivity contribution in [2.75, 3.05) is 33.3 Å². The second kappa shape index (κ2) is 11.8. The Bertz CT molecular complexity index is 1580. The van der Waals surface area contributed by atoms with Gasteiger partial charge in [0.1, 0.15) is 0 Å². The molecule has 2 saturated heterocycles. The maximum atomic E-state index is 14.2. The van der Waals surface area contributed by atoms with Crippen molar-refractivity contribution in [3.63, 3.8) is 0 Å². The Balaban J connectivity index is 1.02. The standard InChI is InChI=1S/C36H39ClFN3O3/c1-44-33-13-6-24(20-31(33)38)22-39-17-14-36(15-18-39)16-19-40(23-36)34(42)26-8-7-25-9-12-32(29(25)21-26)41(27-10-11-27)35(43)28-4-2-3-5-30(28)37/h2-8,13,20-21,27,32H,9-12,14-19,22-23H2,1H3. The summed E-state index contributed by atoms with van der Waals surface area (Å²) in [4.78, 5) is 34.1. The minimum atomic E-state index is -0.325. The number of carbonyl (C=O) groups excluding carboxylic acids is 2. The van der Waals surface area contributed by atoms with E-state index in [0.717, 1.165) is 82.3 Å². The first-order valence-corrected chi connectivity index (χ1v) is 16.3. The third-order valence-corrected chi connectivity index (χ3v) is 10.6. The van der Waals surface area contributed by atoms with E-state index in [4.69, 9.17) is 16.3 Å². The molecule has 6 nitrogen and oxygen atoms in total. The van der Waals surface area contributed by atoms with Crippen molar-refractivity contribution in [1.29, 1.82) is 0 Å². The zero-order valence-corrected chi connectivity index (χ0v) is 26.0. The van der Waals surface area contributed by atoms with Gasteiger partial charge < -0.3 is 14.5 Å². The van der Waals surface area contributed by atoms with E-state index in [0.29, 0.717) is 22.7 Å². The number of hydrogen-bond donors (Lipinski definition) is 0. The number of aryl methyl sites for hydroxylation is 1. The smallest absolute Gasteiger partial charge is 0.256 e. The minimum absolute atomic E-state index is 0.0161. The molecular formula is C36H39ClFN3O3. The van der Waals surface area contributed by atoms with Crippen LogP contribution in [0.4, 0.5) is 4.39 Å². The highest BCUT2D eigenvalue weighted by molar-refractivity contribution is 6.33. The van der Waals surface area contributed by atoms with Gasteiger partial charge in [-0.15, -0.1) is 0 Å². The van der Waals surface area contributed by atoms with Gasteiger partial charge >= 0.3 is 0 Å². The predicted molar refractivity (Wildman–Crippen MR) is 169 cm³/mol. The molecule has 2 amide bonds. The Morgan fingerprint density at radius 1 is 1.00 bits per heavy atom. The SMILES string of the molecule is COc1ccc(CN2CCC3(CC2)CCN(C(=O)c2ccc4c(c2)C(N(C(=O)c2ccccc2Cl)C2CC2)CC4)C3)cc1F. The monoisotopic (exact) mass is 615 g/mol. The number of carbonyl (C=O) groups is 2. The summed E-state index contributed by atoms with van der Waals surface area (Å²) in [5.74, 6) is 0.0139. The first-order valence-electron chi connectivity index (χ1n) is 15.9. The van der Waals surface area contributed by atoms with Gasteiger partial charge in [-0.05, 0) is 117 Å². The summed E-state index contributed by atoms with van der Waals surface area (Å²) < 4.78 is 19.2. The molecule has 7 rings (SSSR count). The maximum absolute atomic E-state index is 14.2. The van der Waals surface area contributed by atoms with Crippen molar-refractivity contribution in [3.05, 3.63) is 99.3 Å². The van der Waals surface area contributed by atoms with E-state index in [9.17, 15) is 14.0 Å². The highest BCUT2D eigenvalue weighted by Gasteiger charge is 2.44. The quantitative estimate of drug-likeness (QED) is 0.290. The Hall–Kier alpha value is -3.42. The van der Waals surface area contributed by atoms with Crippen LogP contribution in [0, 0.1) is 11.2 Å². The molecule has 4 aliphatic rings. The zero-order chi connectivity index (χ0) is 30.4. The number of hydrogen-bond acceptors (Lipinski definition) is 4. The molecule has 44 heavy (non-hydrogen) atoms. The predicted octanol–water partition coefficient (Wildman–Crippen LogP) is 6.91. The van der Waals surface area contributed by atoms with Gasteiger partial charge in [-0.3, -0.25) is 14.5 Å². The second-order valence-electron chi connectivity index (χ2n) is 13.1. The van der Waals surface area contributed by atoms with E-state index in [1.807, 2.05) is 40.1 Å². The van der Waals surface area contributed by atoms with E-state index in [-0.39, 0.29) is 40.9 Å². The van der Waals surface area contributed by atoms with Gasteiger partial charge in [0.2, 0.25) is 0 Å². The zero-order valence-electron chi connectivity index (χ0n) is 25.2. The molecule has 0 bridgehead atoms. The number of methoxy groups -OCH3 is 1. The number of amides is 2. The number of fused-ring (bicyclic) bond motifs is 1. The van der Waals surface area contributed by atoms with Crippen LogP contribution < -0.4 is 4.74 Å². The van der Waals surface area contributed by atoms with Gasteiger partial charge in [0.25, 0.3) is 11.8 Å². The number of nitrogens with zero attached hydrogens (tertiary/aromatic N) is 3. The Morgan fingerprint density at radius 3 is 2.50 bits per heavy atom. The van der Waals surface area contributed by atoms with Gasteiger partial charge in [-0.2, -0.15) is 0 Å². The largest absolute Gasteiger partial charge is 0.494 e. The first kappa shape index (κ1) is 29.3. The highest BCUT2D eigenvalue weighted by Crippen LogP contribution is 2.45. The summed E-state index contributed by atoms with van der Waals surface area (Å²) in [6, 6.07) is 18.8. The van der Waals surface area contributed by atoms with Crippen LogP contribution in [0.2, 0.25) is 5.02 Å². The number of piperidine rings is 1. The molecule has 1 unspecified atom stereocenters. The van der Waals surface area contributed by atoms with Crippen molar-refractivity contribution in [2.45, 2.75) is 63.6 Å². The Kier molecular flexibility index (Phi) is 7.87. The van der Waals surface area contributed by atoms with Crippen LogP contribution in [-0.2, 0) is 13.0 Å². The molecule has 3 aromatic rings. The second-order valence-corrected chi connectivity index (χ2v) is 13.5. The molecule has 230 valence electrons. The lowest BCUT2D eigenvalue weighted by Gasteiger charge is -2.39. The molecule has 0 N–H and O–H groups in total. The van der Waals surface area contributed by atoms with Crippen molar-refractivity contribution in [3.8, 4) is 5.75 Å². The number of ether oxygens (including phenoxy) is 1. The molecule has 8 heteroatoms. The molecule has 2 aliphatic carbocycles. The van der Waals surface area contributed by atoms with Crippen molar-refractivity contribution >= 4 is 23.4 Å². The molecule has 3 aromatic carbocycles. The summed E-state index contributed by atoms with van der Waals surface area (Å²) in [6.07, 6.45) is 6.85. The molecule has 1 atom stereocenters. The summed E-state index contributed by atoms with van der Waals surface area (Å²) in [5.41, 5.74) is 4.69. The van der Waals surface area contributed by atoms with E-state index in [1.54, 1.807) is 18.2 Å². The molecule has 2 heterocycles. The van der Waals surface area contributed by atoms with Gasteiger partial charge in [0.05, 0.1) is 23.7 Å². The molecule has 3 fully saturated rings. The van der Waals surface area contributed by atoms with E-state index in [1.165, 1.54) is 12.7 Å². The molecule has 0 radical (unpaired) electrons. The lowest BCUT2D eigenvalue weighted by Crippen LogP contribution is -2.42. The van der Waals surface area contributed by atoms with Crippen molar-refractivity contribution < 1.29 is 18.7 Å². The van der Waals surface area contributed by atoms with Crippen LogP contribution in [0.15, 0.2) is 60.7 Å². The van der Waals surface area contributed by atoms with Crippen LogP contribution in [0.5, 0.6) is 5.75 Å². The van der Waals surface area contributed by atoms with E-state index >= 15 is 0 Å². The van der Waals surface area contributed by atoms with Gasteiger partial charge in [0, 0.05) is 31.2 Å². The molecular weight excluding hydrogens is 577 g/mol. The number of likely N-dealkylation sites (tertiary alicyclic amines) is 2. The molecule has 0 aromatic heterocycles. The normalized spacial score (nSPS) is 21.0.